The van der Waals surface area contributed by atoms with Crippen molar-refractivity contribution in [3.63, 3.8) is 0 Å². The Morgan fingerprint density at radius 2 is 1.96 bits per heavy atom. The molecule has 1 aromatic heterocycles. The Labute approximate surface area is 147 Å². The minimum Gasteiger partial charge on any atom is -0.454 e. The molecular formula is C18H15F2N3O3. The van der Waals surface area contributed by atoms with Gasteiger partial charge in [-0.2, -0.15) is 0 Å². The van der Waals surface area contributed by atoms with E-state index in [0.717, 1.165) is 23.2 Å². The number of anilines is 1. The maximum absolute atomic E-state index is 13.5. The third-order valence-corrected chi connectivity index (χ3v) is 3.70. The average Bonchev–Trinajstić information content (AvgIpc) is 2.91. The molecule has 0 radical (unpaired) electrons. The molecule has 0 aliphatic heterocycles. The van der Waals surface area contributed by atoms with E-state index in [4.69, 9.17) is 4.74 Å². The second kappa shape index (κ2) is 7.30. The number of aromatic nitrogens is 2. The number of amides is 1. The van der Waals surface area contributed by atoms with Crippen molar-refractivity contribution in [3.8, 4) is 0 Å². The lowest BCUT2D eigenvalue weighted by Crippen LogP contribution is -2.23. The van der Waals surface area contributed by atoms with Crippen LogP contribution in [-0.2, 0) is 20.9 Å². The summed E-state index contributed by atoms with van der Waals surface area (Å²) in [6.45, 7) is 1.07. The van der Waals surface area contributed by atoms with Gasteiger partial charge >= 0.3 is 5.97 Å². The summed E-state index contributed by atoms with van der Waals surface area (Å²) in [5.74, 6) is -2.39. The van der Waals surface area contributed by atoms with Crippen molar-refractivity contribution in [2.75, 3.05) is 11.9 Å². The predicted octanol–water partition coefficient (Wildman–Crippen LogP) is 2.80. The Morgan fingerprint density at radius 1 is 1.19 bits per heavy atom. The zero-order chi connectivity index (χ0) is 18.7. The minimum absolute atomic E-state index is 0.107. The van der Waals surface area contributed by atoms with Crippen molar-refractivity contribution in [3.05, 3.63) is 59.9 Å². The molecule has 26 heavy (non-hydrogen) atoms. The number of benzene rings is 2. The van der Waals surface area contributed by atoms with Crippen LogP contribution >= 0.6 is 0 Å². The van der Waals surface area contributed by atoms with Crippen LogP contribution in [0.15, 0.2) is 42.5 Å². The van der Waals surface area contributed by atoms with E-state index in [0.29, 0.717) is 11.9 Å². The molecule has 1 heterocycles. The zero-order valence-electron chi connectivity index (χ0n) is 13.8. The lowest BCUT2D eigenvalue weighted by Gasteiger charge is -2.09. The summed E-state index contributed by atoms with van der Waals surface area (Å²) in [5, 5.41) is 2.22. The molecule has 6 nitrogen and oxygen atoms in total. The molecule has 2 aromatic carbocycles. The van der Waals surface area contributed by atoms with Gasteiger partial charge in [-0.3, -0.25) is 9.59 Å². The Balaban J connectivity index is 1.58. The molecule has 0 aliphatic carbocycles. The predicted molar refractivity (Wildman–Crippen MR) is 90.4 cm³/mol. The zero-order valence-corrected chi connectivity index (χ0v) is 13.8. The van der Waals surface area contributed by atoms with Crippen LogP contribution in [0, 0.1) is 18.6 Å². The average molecular weight is 359 g/mol. The maximum atomic E-state index is 13.5. The number of aryl methyl sites for hydroxylation is 1. The van der Waals surface area contributed by atoms with Gasteiger partial charge in [0.25, 0.3) is 5.91 Å². The number of imidazole rings is 1. The van der Waals surface area contributed by atoms with E-state index in [9.17, 15) is 18.4 Å². The van der Waals surface area contributed by atoms with Gasteiger partial charge in [0.2, 0.25) is 0 Å². The number of esters is 1. The van der Waals surface area contributed by atoms with E-state index in [-0.39, 0.29) is 12.2 Å². The molecule has 0 spiro atoms. The number of nitrogens with one attached hydrogen (secondary N) is 1. The van der Waals surface area contributed by atoms with E-state index < -0.39 is 30.1 Å². The van der Waals surface area contributed by atoms with Crippen LogP contribution in [0.25, 0.3) is 11.0 Å². The number of hydrogen-bond acceptors (Lipinski definition) is 4. The van der Waals surface area contributed by atoms with Crippen molar-refractivity contribution in [2.45, 2.75) is 13.5 Å². The molecule has 8 heteroatoms. The summed E-state index contributed by atoms with van der Waals surface area (Å²) in [7, 11) is 0. The molecule has 134 valence electrons. The molecule has 0 unspecified atom stereocenters. The van der Waals surface area contributed by atoms with Gasteiger partial charge in [0.1, 0.15) is 24.0 Å². The number of ether oxygens (including phenoxy) is 1. The first kappa shape index (κ1) is 17.5. The number of nitrogens with zero attached hydrogens (tertiary/aromatic N) is 2. The van der Waals surface area contributed by atoms with Gasteiger partial charge in [0, 0.05) is 6.07 Å². The number of para-hydroxylation sites is 2. The molecule has 3 rings (SSSR count). The van der Waals surface area contributed by atoms with Gasteiger partial charge in [-0.05, 0) is 31.2 Å². The van der Waals surface area contributed by atoms with Crippen molar-refractivity contribution in [1.82, 2.24) is 9.55 Å². The summed E-state index contributed by atoms with van der Waals surface area (Å²) in [5.41, 5.74) is 1.34. The van der Waals surface area contributed by atoms with E-state index in [1.54, 1.807) is 11.5 Å². The first-order chi connectivity index (χ1) is 12.4. The highest BCUT2D eigenvalue weighted by molar-refractivity contribution is 5.93. The highest BCUT2D eigenvalue weighted by Gasteiger charge is 2.14. The Morgan fingerprint density at radius 3 is 2.73 bits per heavy atom. The fraction of sp³-hybridized carbons (Fsp3) is 0.167. The number of fused-ring (bicyclic) bond motifs is 1. The Bertz CT molecular complexity index is 985. The SMILES string of the molecule is Cc1nc2ccccc2n1CC(=O)OCC(=O)Nc1ccc(F)cc1F. The summed E-state index contributed by atoms with van der Waals surface area (Å²) in [6, 6.07) is 10.1. The summed E-state index contributed by atoms with van der Waals surface area (Å²) < 4.78 is 32.9. The Kier molecular flexibility index (Phi) is 4.92. The van der Waals surface area contributed by atoms with Crippen LogP contribution < -0.4 is 5.32 Å². The monoisotopic (exact) mass is 359 g/mol. The second-order valence-electron chi connectivity index (χ2n) is 5.57. The summed E-state index contributed by atoms with van der Waals surface area (Å²) >= 11 is 0. The highest BCUT2D eigenvalue weighted by Crippen LogP contribution is 2.16. The number of rotatable bonds is 5. The summed E-state index contributed by atoms with van der Waals surface area (Å²) in [4.78, 5) is 28.1. The molecule has 0 saturated carbocycles. The van der Waals surface area contributed by atoms with E-state index in [1.807, 2.05) is 24.3 Å². The lowest BCUT2D eigenvalue weighted by atomic mass is 10.3. The van der Waals surface area contributed by atoms with Crippen LogP contribution in [0.2, 0.25) is 0 Å². The van der Waals surface area contributed by atoms with Gasteiger partial charge in [-0.1, -0.05) is 12.1 Å². The van der Waals surface area contributed by atoms with Gasteiger partial charge < -0.3 is 14.6 Å². The second-order valence-corrected chi connectivity index (χ2v) is 5.57. The van der Waals surface area contributed by atoms with Gasteiger partial charge in [0.15, 0.2) is 6.61 Å². The van der Waals surface area contributed by atoms with Crippen molar-refractivity contribution < 1.29 is 23.1 Å². The molecule has 1 N–H and O–H groups in total. The molecule has 1 amide bonds. The van der Waals surface area contributed by atoms with E-state index >= 15 is 0 Å². The molecular weight excluding hydrogens is 344 g/mol. The largest absolute Gasteiger partial charge is 0.454 e. The molecule has 0 fully saturated rings. The van der Waals surface area contributed by atoms with Crippen LogP contribution in [-0.4, -0.2) is 28.0 Å². The quantitative estimate of drug-likeness (QED) is 0.711. The van der Waals surface area contributed by atoms with Crippen LogP contribution in [0.5, 0.6) is 0 Å². The molecule has 0 atom stereocenters. The van der Waals surface area contributed by atoms with E-state index in [2.05, 4.69) is 10.3 Å². The van der Waals surface area contributed by atoms with Crippen molar-refractivity contribution in [1.29, 1.82) is 0 Å². The fourth-order valence-electron chi connectivity index (χ4n) is 2.49. The number of hydrogen-bond donors (Lipinski definition) is 1. The Hall–Kier alpha value is -3.29. The molecule has 0 bridgehead atoms. The maximum Gasteiger partial charge on any atom is 0.326 e. The third kappa shape index (κ3) is 3.85. The van der Waals surface area contributed by atoms with Crippen molar-refractivity contribution >= 4 is 28.6 Å². The smallest absolute Gasteiger partial charge is 0.326 e. The molecule has 0 saturated heterocycles. The van der Waals surface area contributed by atoms with Crippen LogP contribution in [0.3, 0.4) is 0 Å². The van der Waals surface area contributed by atoms with Gasteiger partial charge in [-0.25, -0.2) is 13.8 Å². The van der Waals surface area contributed by atoms with Crippen LogP contribution in [0.4, 0.5) is 14.5 Å². The first-order valence-corrected chi connectivity index (χ1v) is 7.76. The lowest BCUT2D eigenvalue weighted by molar-refractivity contribution is -0.147. The molecule has 0 aliphatic rings. The van der Waals surface area contributed by atoms with E-state index in [1.165, 1.54) is 0 Å². The van der Waals surface area contributed by atoms with Crippen LogP contribution in [0.1, 0.15) is 5.82 Å². The number of carbonyl (C=O) groups excluding carboxylic acids is 2. The standard InChI is InChI=1S/C18H15F2N3O3/c1-11-21-15-4-2-3-5-16(15)23(11)9-18(25)26-10-17(24)22-14-7-6-12(19)8-13(14)20/h2-8H,9-10H2,1H3,(H,22,24). The normalized spacial score (nSPS) is 10.7. The van der Waals surface area contributed by atoms with Gasteiger partial charge in [0.05, 0.1) is 16.7 Å². The minimum atomic E-state index is -0.912. The fourth-order valence-corrected chi connectivity index (χ4v) is 2.49. The summed E-state index contributed by atoms with van der Waals surface area (Å²) in [6.07, 6.45) is 0. The number of carbonyl (C=O) groups is 2. The third-order valence-electron chi connectivity index (χ3n) is 3.70. The highest BCUT2D eigenvalue weighted by atomic mass is 19.1. The van der Waals surface area contributed by atoms with Gasteiger partial charge in [-0.15, -0.1) is 0 Å². The first-order valence-electron chi connectivity index (χ1n) is 7.76. The topological polar surface area (TPSA) is 73.2 Å². The molecule has 3 aromatic rings. The van der Waals surface area contributed by atoms with Crippen molar-refractivity contribution in [2.24, 2.45) is 0 Å². The number of halogens is 2.